The van der Waals surface area contributed by atoms with E-state index in [1.807, 2.05) is 20.8 Å². The van der Waals surface area contributed by atoms with Gasteiger partial charge in [0.15, 0.2) is 0 Å². The summed E-state index contributed by atoms with van der Waals surface area (Å²) in [5.74, 6) is -1.64. The highest BCUT2D eigenvalue weighted by atomic mass is 16.4. The summed E-state index contributed by atoms with van der Waals surface area (Å²) < 4.78 is 0. The summed E-state index contributed by atoms with van der Waals surface area (Å²) in [6.45, 7) is 6.08. The number of carbonyl (C=O) groups excluding carboxylic acids is 2. The predicted molar refractivity (Wildman–Crippen MR) is 94.5 cm³/mol. The number of nitrogens with one attached hydrogen (secondary N) is 2. The first kappa shape index (κ1) is 19.0. The zero-order valence-electron chi connectivity index (χ0n) is 15.0. The third-order valence-electron chi connectivity index (χ3n) is 4.11. The quantitative estimate of drug-likeness (QED) is 0.707. The van der Waals surface area contributed by atoms with Crippen molar-refractivity contribution in [2.24, 2.45) is 5.41 Å². The van der Waals surface area contributed by atoms with Gasteiger partial charge >= 0.3 is 5.97 Å². The van der Waals surface area contributed by atoms with Crippen LogP contribution in [0.15, 0.2) is 24.3 Å². The van der Waals surface area contributed by atoms with Gasteiger partial charge in [0, 0.05) is 17.2 Å². The Labute approximate surface area is 148 Å². The molecule has 3 N–H and O–H groups in total. The first-order valence-corrected chi connectivity index (χ1v) is 8.60. The van der Waals surface area contributed by atoms with Crippen LogP contribution in [0.1, 0.15) is 67.2 Å². The minimum atomic E-state index is -1.04. The number of hydrogen-bond acceptors (Lipinski definition) is 3. The zero-order valence-corrected chi connectivity index (χ0v) is 15.0. The summed E-state index contributed by atoms with van der Waals surface area (Å²) >= 11 is 0. The molecule has 1 atom stereocenters. The Kier molecular flexibility index (Phi) is 5.82. The van der Waals surface area contributed by atoms with E-state index in [0.717, 1.165) is 12.8 Å². The lowest BCUT2D eigenvalue weighted by atomic mass is 9.88. The number of carbonyl (C=O) groups is 3. The predicted octanol–water partition coefficient (Wildman–Crippen LogP) is 2.59. The minimum absolute atomic E-state index is 0.00497. The van der Waals surface area contributed by atoms with Crippen LogP contribution in [0.3, 0.4) is 0 Å². The fourth-order valence-corrected chi connectivity index (χ4v) is 2.35. The molecule has 6 heteroatoms. The number of benzene rings is 1. The molecule has 2 amide bonds. The highest BCUT2D eigenvalue weighted by Gasteiger charge is 2.25. The lowest BCUT2D eigenvalue weighted by Gasteiger charge is -2.21. The maximum absolute atomic E-state index is 12.3. The van der Waals surface area contributed by atoms with E-state index in [2.05, 4.69) is 10.6 Å². The highest BCUT2D eigenvalue weighted by Crippen LogP contribution is 2.22. The molecule has 0 heterocycles. The van der Waals surface area contributed by atoms with E-state index >= 15 is 0 Å². The minimum Gasteiger partial charge on any atom is -0.480 e. The maximum Gasteiger partial charge on any atom is 0.326 e. The molecule has 0 aromatic heterocycles. The average molecular weight is 346 g/mol. The Morgan fingerprint density at radius 2 is 1.60 bits per heavy atom. The molecular weight excluding hydrogens is 320 g/mol. The van der Waals surface area contributed by atoms with E-state index in [4.69, 9.17) is 0 Å². The van der Waals surface area contributed by atoms with Crippen molar-refractivity contribution in [2.75, 3.05) is 0 Å². The number of aliphatic carboxylic acids is 1. The van der Waals surface area contributed by atoms with E-state index < -0.39 is 17.9 Å². The van der Waals surface area contributed by atoms with Crippen LogP contribution < -0.4 is 10.6 Å². The summed E-state index contributed by atoms with van der Waals surface area (Å²) in [5.41, 5.74) is 0.825. The second-order valence-corrected chi connectivity index (χ2v) is 7.79. The Bertz CT molecular complexity index is 642. The molecule has 1 aromatic carbocycles. The van der Waals surface area contributed by atoms with Gasteiger partial charge in [0.1, 0.15) is 6.04 Å². The maximum atomic E-state index is 12.3. The lowest BCUT2D eigenvalue weighted by molar-refractivity contribution is -0.139. The smallest absolute Gasteiger partial charge is 0.326 e. The molecule has 1 unspecified atom stereocenters. The van der Waals surface area contributed by atoms with Crippen molar-refractivity contribution >= 4 is 17.8 Å². The van der Waals surface area contributed by atoms with E-state index in [1.165, 1.54) is 0 Å². The number of carboxylic acids is 1. The van der Waals surface area contributed by atoms with Crippen LogP contribution in [0.25, 0.3) is 0 Å². The second-order valence-electron chi connectivity index (χ2n) is 7.79. The number of rotatable bonds is 7. The summed E-state index contributed by atoms with van der Waals surface area (Å²) in [7, 11) is 0. The Morgan fingerprint density at radius 1 is 1.08 bits per heavy atom. The molecule has 0 bridgehead atoms. The van der Waals surface area contributed by atoms with Crippen LogP contribution in [-0.2, 0) is 4.79 Å². The van der Waals surface area contributed by atoms with E-state index in [0.29, 0.717) is 24.0 Å². The molecule has 1 aliphatic rings. The van der Waals surface area contributed by atoms with Gasteiger partial charge in [-0.05, 0) is 55.4 Å². The number of hydrogen-bond donors (Lipinski definition) is 3. The molecule has 25 heavy (non-hydrogen) atoms. The number of amides is 2. The standard InChI is InChI=1S/C19H26N2O4/c1-19(2,3)11-10-15(18(24)25)21-17(23)13-6-4-12(5-7-13)16(22)20-14-8-9-14/h4-7,14-15H,8-11H2,1-3H3,(H,20,22)(H,21,23)(H,24,25). The molecule has 1 aromatic rings. The molecule has 2 rings (SSSR count). The monoisotopic (exact) mass is 346 g/mol. The van der Waals surface area contributed by atoms with Crippen LogP contribution in [0.4, 0.5) is 0 Å². The van der Waals surface area contributed by atoms with Crippen molar-refractivity contribution in [2.45, 2.75) is 58.5 Å². The molecule has 0 saturated heterocycles. The van der Waals surface area contributed by atoms with Gasteiger partial charge in [-0.3, -0.25) is 9.59 Å². The molecule has 0 radical (unpaired) electrons. The third kappa shape index (κ3) is 6.21. The Balaban J connectivity index is 1.95. The summed E-state index contributed by atoms with van der Waals surface area (Å²) in [5, 5.41) is 14.7. The fraction of sp³-hybridized carbons (Fsp3) is 0.526. The topological polar surface area (TPSA) is 95.5 Å². The van der Waals surface area contributed by atoms with Crippen LogP contribution >= 0.6 is 0 Å². The molecule has 1 saturated carbocycles. The van der Waals surface area contributed by atoms with Gasteiger partial charge in [0.05, 0.1) is 0 Å². The van der Waals surface area contributed by atoms with Crippen molar-refractivity contribution in [1.29, 1.82) is 0 Å². The molecule has 6 nitrogen and oxygen atoms in total. The Hall–Kier alpha value is -2.37. The van der Waals surface area contributed by atoms with Gasteiger partial charge in [0.2, 0.25) is 0 Å². The molecule has 1 aliphatic carbocycles. The fourth-order valence-electron chi connectivity index (χ4n) is 2.35. The SMILES string of the molecule is CC(C)(C)CCC(NC(=O)c1ccc(C(=O)NC2CC2)cc1)C(=O)O. The van der Waals surface area contributed by atoms with E-state index in [-0.39, 0.29) is 17.4 Å². The van der Waals surface area contributed by atoms with E-state index in [1.54, 1.807) is 24.3 Å². The van der Waals surface area contributed by atoms with Gasteiger partial charge in [-0.25, -0.2) is 4.79 Å². The molecule has 0 spiro atoms. The molecular formula is C19H26N2O4. The molecule has 0 aliphatic heterocycles. The van der Waals surface area contributed by atoms with E-state index in [9.17, 15) is 19.5 Å². The van der Waals surface area contributed by atoms with Crippen molar-refractivity contribution in [1.82, 2.24) is 10.6 Å². The van der Waals surface area contributed by atoms with Crippen molar-refractivity contribution in [3.05, 3.63) is 35.4 Å². The largest absolute Gasteiger partial charge is 0.480 e. The zero-order chi connectivity index (χ0) is 18.6. The van der Waals surface area contributed by atoms with Crippen LogP contribution in [-0.4, -0.2) is 35.0 Å². The highest BCUT2D eigenvalue weighted by molar-refractivity contribution is 5.99. The summed E-state index contributed by atoms with van der Waals surface area (Å²) in [6.07, 6.45) is 3.08. The van der Waals surface area contributed by atoms with Gasteiger partial charge in [-0.1, -0.05) is 20.8 Å². The van der Waals surface area contributed by atoms with Crippen molar-refractivity contribution < 1.29 is 19.5 Å². The lowest BCUT2D eigenvalue weighted by Crippen LogP contribution is -2.41. The van der Waals surface area contributed by atoms with Crippen LogP contribution in [0, 0.1) is 5.41 Å². The van der Waals surface area contributed by atoms with Gasteiger partial charge in [-0.2, -0.15) is 0 Å². The van der Waals surface area contributed by atoms with Crippen molar-refractivity contribution in [3.8, 4) is 0 Å². The van der Waals surface area contributed by atoms with Gasteiger partial charge in [-0.15, -0.1) is 0 Å². The second kappa shape index (κ2) is 7.68. The van der Waals surface area contributed by atoms with Crippen LogP contribution in [0.5, 0.6) is 0 Å². The molecule has 1 fully saturated rings. The Morgan fingerprint density at radius 3 is 2.04 bits per heavy atom. The average Bonchev–Trinajstić information content (AvgIpc) is 3.34. The normalized spacial score (nSPS) is 15.3. The number of carboxylic acid groups (broad SMARTS) is 1. The van der Waals surface area contributed by atoms with Gasteiger partial charge < -0.3 is 15.7 Å². The first-order chi connectivity index (χ1) is 11.7. The summed E-state index contributed by atoms with van der Waals surface area (Å²) in [6, 6.07) is 5.59. The summed E-state index contributed by atoms with van der Waals surface area (Å²) in [4.78, 5) is 35.6. The molecule has 136 valence electrons. The third-order valence-corrected chi connectivity index (χ3v) is 4.11. The van der Waals surface area contributed by atoms with Crippen LogP contribution in [0.2, 0.25) is 0 Å². The van der Waals surface area contributed by atoms with Gasteiger partial charge in [0.25, 0.3) is 11.8 Å². The van der Waals surface area contributed by atoms with Crippen molar-refractivity contribution in [3.63, 3.8) is 0 Å². The first-order valence-electron chi connectivity index (χ1n) is 8.60.